The van der Waals surface area contributed by atoms with Gasteiger partial charge in [-0.1, -0.05) is 0 Å². The Morgan fingerprint density at radius 2 is 1.94 bits per heavy atom. The van der Waals surface area contributed by atoms with Gasteiger partial charge in [0.2, 0.25) is 5.91 Å². The van der Waals surface area contributed by atoms with Gasteiger partial charge in [0.1, 0.15) is 5.01 Å². The van der Waals surface area contributed by atoms with Crippen LogP contribution in [0, 0.1) is 0 Å². The molecule has 0 saturated heterocycles. The zero-order valence-corrected chi connectivity index (χ0v) is 10.3. The third kappa shape index (κ3) is 2.72. The molecule has 2 rings (SSSR count). The molecule has 0 radical (unpaired) electrons. The van der Waals surface area contributed by atoms with E-state index in [4.69, 9.17) is 5.11 Å². The van der Waals surface area contributed by atoms with E-state index in [1.54, 1.807) is 24.3 Å². The van der Waals surface area contributed by atoms with Gasteiger partial charge in [0, 0.05) is 23.6 Å². The minimum Gasteiger partial charge on any atom is -0.476 e. The lowest BCUT2D eigenvalue weighted by molar-refractivity contribution is -0.114. The fourth-order valence-electron chi connectivity index (χ4n) is 1.40. The summed E-state index contributed by atoms with van der Waals surface area (Å²) in [7, 11) is 0. The molecule has 0 spiro atoms. The largest absolute Gasteiger partial charge is 0.476 e. The molecule has 0 unspecified atom stereocenters. The number of hydrogen-bond acceptors (Lipinski definition) is 4. The number of aromatic nitrogens is 1. The van der Waals surface area contributed by atoms with Crippen molar-refractivity contribution in [3.05, 3.63) is 35.3 Å². The van der Waals surface area contributed by atoms with Crippen molar-refractivity contribution in [3.8, 4) is 10.6 Å². The molecule has 1 amide bonds. The molecule has 0 saturated carbocycles. The van der Waals surface area contributed by atoms with E-state index in [-0.39, 0.29) is 11.6 Å². The molecule has 1 aromatic carbocycles. The van der Waals surface area contributed by atoms with E-state index in [0.29, 0.717) is 10.7 Å². The number of hydrogen-bond donors (Lipinski definition) is 2. The third-order valence-corrected chi connectivity index (χ3v) is 3.07. The Morgan fingerprint density at radius 1 is 1.28 bits per heavy atom. The molecule has 0 atom stereocenters. The lowest BCUT2D eigenvalue weighted by atomic mass is 10.2. The summed E-state index contributed by atoms with van der Waals surface area (Å²) in [5.41, 5.74) is 1.56. The molecular formula is C12H10N2O3S. The van der Waals surface area contributed by atoms with Gasteiger partial charge in [-0.15, -0.1) is 11.3 Å². The lowest BCUT2D eigenvalue weighted by Gasteiger charge is -2.02. The van der Waals surface area contributed by atoms with E-state index >= 15 is 0 Å². The molecule has 0 bridgehead atoms. The first-order valence-corrected chi connectivity index (χ1v) is 6.01. The Morgan fingerprint density at radius 3 is 2.44 bits per heavy atom. The predicted octanol–water partition coefficient (Wildman–Crippen LogP) is 2.47. The molecule has 1 heterocycles. The Bertz CT molecular complexity index is 590. The van der Waals surface area contributed by atoms with Gasteiger partial charge < -0.3 is 10.4 Å². The summed E-state index contributed by atoms with van der Waals surface area (Å²) >= 11 is 1.27. The average Bonchev–Trinajstić information content (AvgIpc) is 2.78. The number of aromatic carboxylic acids is 1. The van der Waals surface area contributed by atoms with Crippen LogP contribution in [0.25, 0.3) is 10.6 Å². The highest BCUT2D eigenvalue weighted by molar-refractivity contribution is 7.13. The van der Waals surface area contributed by atoms with Crippen LogP contribution in [0.4, 0.5) is 5.69 Å². The summed E-state index contributed by atoms with van der Waals surface area (Å²) in [5, 5.41) is 13.6. The molecule has 0 aliphatic rings. The van der Waals surface area contributed by atoms with E-state index in [1.807, 2.05) is 0 Å². The molecule has 18 heavy (non-hydrogen) atoms. The molecule has 1 aromatic heterocycles. The van der Waals surface area contributed by atoms with Crippen molar-refractivity contribution in [1.29, 1.82) is 0 Å². The molecule has 2 N–H and O–H groups in total. The van der Waals surface area contributed by atoms with Gasteiger partial charge in [-0.3, -0.25) is 4.79 Å². The maximum atomic E-state index is 10.9. The first-order chi connectivity index (χ1) is 8.56. The first kappa shape index (κ1) is 12.3. The van der Waals surface area contributed by atoms with E-state index in [0.717, 1.165) is 5.56 Å². The van der Waals surface area contributed by atoms with Crippen LogP contribution >= 0.6 is 11.3 Å². The highest BCUT2D eigenvalue weighted by Crippen LogP contribution is 2.25. The van der Waals surface area contributed by atoms with Gasteiger partial charge in [0.25, 0.3) is 0 Å². The minimum absolute atomic E-state index is 0.0425. The zero-order valence-electron chi connectivity index (χ0n) is 9.51. The number of nitrogens with one attached hydrogen (secondary N) is 1. The molecule has 2 aromatic rings. The van der Waals surface area contributed by atoms with E-state index in [1.165, 1.54) is 23.6 Å². The minimum atomic E-state index is -1.03. The number of carbonyl (C=O) groups is 2. The summed E-state index contributed by atoms with van der Waals surface area (Å²) in [4.78, 5) is 25.6. The fourth-order valence-corrected chi connectivity index (χ4v) is 2.20. The number of carboxylic acids is 1. The zero-order chi connectivity index (χ0) is 13.1. The summed E-state index contributed by atoms with van der Waals surface area (Å²) in [6.07, 6.45) is 0. The summed E-state index contributed by atoms with van der Waals surface area (Å²) in [6.45, 7) is 1.44. The van der Waals surface area contributed by atoms with Crippen molar-refractivity contribution >= 4 is 28.9 Å². The van der Waals surface area contributed by atoms with Gasteiger partial charge in [-0.2, -0.15) is 0 Å². The standard InChI is InChI=1S/C12H10N2O3S/c1-7(15)13-9-4-2-8(3-5-9)11-14-10(6-18-11)12(16)17/h2-6H,1H3,(H,13,15)(H,16,17). The van der Waals surface area contributed by atoms with Crippen molar-refractivity contribution in [3.63, 3.8) is 0 Å². The molecule has 0 aliphatic carbocycles. The summed E-state index contributed by atoms with van der Waals surface area (Å²) in [6, 6.07) is 7.07. The fraction of sp³-hybridized carbons (Fsp3) is 0.0833. The average molecular weight is 262 g/mol. The van der Waals surface area contributed by atoms with Crippen LogP contribution in [0.15, 0.2) is 29.6 Å². The SMILES string of the molecule is CC(=O)Nc1ccc(-c2nc(C(=O)O)cs2)cc1. The van der Waals surface area contributed by atoms with Crippen LogP contribution in [0.2, 0.25) is 0 Å². The second kappa shape index (κ2) is 4.97. The summed E-state index contributed by atoms with van der Waals surface area (Å²) < 4.78 is 0. The van der Waals surface area contributed by atoms with E-state index < -0.39 is 5.97 Å². The van der Waals surface area contributed by atoms with E-state index in [9.17, 15) is 9.59 Å². The topological polar surface area (TPSA) is 79.3 Å². The van der Waals surface area contributed by atoms with Crippen molar-refractivity contribution in [2.24, 2.45) is 0 Å². The smallest absolute Gasteiger partial charge is 0.355 e. The van der Waals surface area contributed by atoms with Crippen LogP contribution in [0.3, 0.4) is 0 Å². The number of rotatable bonds is 3. The quantitative estimate of drug-likeness (QED) is 0.890. The Labute approximate surface area is 107 Å². The molecule has 92 valence electrons. The van der Waals surface area contributed by atoms with Crippen LogP contribution in [0.1, 0.15) is 17.4 Å². The normalized spacial score (nSPS) is 10.1. The van der Waals surface area contributed by atoms with Crippen molar-refractivity contribution < 1.29 is 14.7 Å². The van der Waals surface area contributed by atoms with Crippen molar-refractivity contribution in [2.45, 2.75) is 6.92 Å². The number of nitrogens with zero attached hydrogens (tertiary/aromatic N) is 1. The molecule has 5 nitrogen and oxygen atoms in total. The Hall–Kier alpha value is -2.21. The number of benzene rings is 1. The number of carbonyl (C=O) groups excluding carboxylic acids is 1. The highest BCUT2D eigenvalue weighted by Gasteiger charge is 2.09. The summed E-state index contributed by atoms with van der Waals surface area (Å²) in [5.74, 6) is -1.17. The molecule has 6 heteroatoms. The van der Waals surface area contributed by atoms with Crippen LogP contribution < -0.4 is 5.32 Å². The number of carboxylic acid groups (broad SMARTS) is 1. The van der Waals surface area contributed by atoms with Crippen LogP contribution in [-0.4, -0.2) is 22.0 Å². The van der Waals surface area contributed by atoms with Gasteiger partial charge in [-0.25, -0.2) is 9.78 Å². The van der Waals surface area contributed by atoms with E-state index in [2.05, 4.69) is 10.3 Å². The maximum Gasteiger partial charge on any atom is 0.355 e. The van der Waals surface area contributed by atoms with Gasteiger partial charge in [0.05, 0.1) is 0 Å². The van der Waals surface area contributed by atoms with Gasteiger partial charge >= 0.3 is 5.97 Å². The maximum absolute atomic E-state index is 10.9. The molecular weight excluding hydrogens is 252 g/mol. The Balaban J connectivity index is 2.22. The lowest BCUT2D eigenvalue weighted by Crippen LogP contribution is -2.05. The Kier molecular flexibility index (Phi) is 3.38. The van der Waals surface area contributed by atoms with Crippen LogP contribution in [-0.2, 0) is 4.79 Å². The molecule has 0 fully saturated rings. The van der Waals surface area contributed by atoms with Crippen molar-refractivity contribution in [2.75, 3.05) is 5.32 Å². The third-order valence-electron chi connectivity index (χ3n) is 2.18. The second-order valence-electron chi connectivity index (χ2n) is 3.60. The monoisotopic (exact) mass is 262 g/mol. The predicted molar refractivity (Wildman–Crippen MR) is 68.8 cm³/mol. The highest BCUT2D eigenvalue weighted by atomic mass is 32.1. The molecule has 0 aliphatic heterocycles. The number of anilines is 1. The van der Waals surface area contributed by atoms with Crippen molar-refractivity contribution in [1.82, 2.24) is 4.98 Å². The number of thiazole rings is 1. The van der Waals surface area contributed by atoms with Gasteiger partial charge in [0.15, 0.2) is 5.69 Å². The second-order valence-corrected chi connectivity index (χ2v) is 4.46. The van der Waals surface area contributed by atoms with Crippen LogP contribution in [0.5, 0.6) is 0 Å². The van der Waals surface area contributed by atoms with Gasteiger partial charge in [-0.05, 0) is 24.3 Å². The number of amides is 1. The first-order valence-electron chi connectivity index (χ1n) is 5.13.